The topological polar surface area (TPSA) is 83.2 Å². The van der Waals surface area contributed by atoms with Gasteiger partial charge in [0.25, 0.3) is 0 Å². The van der Waals surface area contributed by atoms with Crippen LogP contribution in [0.3, 0.4) is 0 Å². The van der Waals surface area contributed by atoms with Crippen molar-refractivity contribution in [3.63, 3.8) is 0 Å². The zero-order valence-corrected chi connectivity index (χ0v) is 10.7. The molecule has 1 heterocycles. The standard InChI is InChI=1S/C15H9FN2O3/c16-13-2-1-3-14(12(13)7-17)21-11-6-10(8-18-9-11)4-5-15(19)20/h1-6,8-9H,(H,19,20)/b5-4+. The van der Waals surface area contributed by atoms with Crippen LogP contribution < -0.4 is 4.74 Å². The summed E-state index contributed by atoms with van der Waals surface area (Å²) in [5.74, 6) is -1.42. The van der Waals surface area contributed by atoms with Crippen molar-refractivity contribution < 1.29 is 19.0 Å². The summed E-state index contributed by atoms with van der Waals surface area (Å²) < 4.78 is 18.9. The second-order valence-electron chi connectivity index (χ2n) is 3.95. The molecule has 2 rings (SSSR count). The Hall–Kier alpha value is -3.20. The molecular formula is C15H9FN2O3. The lowest BCUT2D eigenvalue weighted by Gasteiger charge is -2.07. The van der Waals surface area contributed by atoms with Crippen LogP contribution in [0.15, 0.2) is 42.7 Å². The molecule has 21 heavy (non-hydrogen) atoms. The van der Waals surface area contributed by atoms with Crippen LogP contribution in [-0.4, -0.2) is 16.1 Å². The van der Waals surface area contributed by atoms with Crippen LogP contribution in [0.4, 0.5) is 4.39 Å². The third-order valence-electron chi connectivity index (χ3n) is 2.47. The molecule has 0 saturated heterocycles. The molecule has 0 aliphatic carbocycles. The van der Waals surface area contributed by atoms with E-state index in [9.17, 15) is 9.18 Å². The molecule has 0 amide bonds. The van der Waals surface area contributed by atoms with Crippen LogP contribution in [0.5, 0.6) is 11.5 Å². The summed E-state index contributed by atoms with van der Waals surface area (Å²) in [7, 11) is 0. The highest BCUT2D eigenvalue weighted by Crippen LogP contribution is 2.26. The van der Waals surface area contributed by atoms with E-state index in [4.69, 9.17) is 15.1 Å². The number of carbonyl (C=O) groups is 1. The number of aliphatic carboxylic acids is 1. The van der Waals surface area contributed by atoms with Crippen LogP contribution >= 0.6 is 0 Å². The maximum Gasteiger partial charge on any atom is 0.328 e. The Labute approximate surface area is 119 Å². The van der Waals surface area contributed by atoms with Gasteiger partial charge in [0.1, 0.15) is 28.9 Å². The van der Waals surface area contributed by atoms with Gasteiger partial charge in [0.05, 0.1) is 6.20 Å². The molecule has 5 nitrogen and oxygen atoms in total. The van der Waals surface area contributed by atoms with Gasteiger partial charge in [-0.1, -0.05) is 6.07 Å². The van der Waals surface area contributed by atoms with Crippen molar-refractivity contribution in [2.45, 2.75) is 0 Å². The van der Waals surface area contributed by atoms with Gasteiger partial charge < -0.3 is 9.84 Å². The first-order valence-electron chi connectivity index (χ1n) is 5.82. The van der Waals surface area contributed by atoms with Crippen LogP contribution in [0.1, 0.15) is 11.1 Å². The molecule has 2 aromatic rings. The minimum absolute atomic E-state index is 0.0682. The van der Waals surface area contributed by atoms with Gasteiger partial charge in [0.2, 0.25) is 0 Å². The van der Waals surface area contributed by atoms with Crippen molar-refractivity contribution in [3.8, 4) is 17.6 Å². The monoisotopic (exact) mass is 284 g/mol. The second kappa shape index (κ2) is 6.30. The summed E-state index contributed by atoms with van der Waals surface area (Å²) in [6.07, 6.45) is 5.13. The SMILES string of the molecule is N#Cc1c(F)cccc1Oc1cncc(/C=C/C(=O)O)c1. The number of benzene rings is 1. The summed E-state index contributed by atoms with van der Waals surface area (Å²) in [4.78, 5) is 14.3. The Morgan fingerprint density at radius 1 is 1.43 bits per heavy atom. The summed E-state index contributed by atoms with van der Waals surface area (Å²) in [6.45, 7) is 0. The Bertz CT molecular complexity index is 751. The van der Waals surface area contributed by atoms with Gasteiger partial charge in [0.15, 0.2) is 0 Å². The molecule has 1 N–H and O–H groups in total. The number of hydrogen-bond acceptors (Lipinski definition) is 4. The van der Waals surface area contributed by atoms with Crippen molar-refractivity contribution in [1.29, 1.82) is 5.26 Å². The first-order valence-corrected chi connectivity index (χ1v) is 5.82. The minimum atomic E-state index is -1.08. The highest BCUT2D eigenvalue weighted by molar-refractivity contribution is 5.85. The molecule has 0 spiro atoms. The maximum atomic E-state index is 13.4. The third-order valence-corrected chi connectivity index (χ3v) is 2.47. The summed E-state index contributed by atoms with van der Waals surface area (Å²) >= 11 is 0. The first kappa shape index (κ1) is 14.2. The largest absolute Gasteiger partial charge is 0.478 e. The van der Waals surface area contributed by atoms with Crippen LogP contribution in [0.25, 0.3) is 6.08 Å². The van der Waals surface area contributed by atoms with E-state index in [1.807, 2.05) is 0 Å². The predicted octanol–water partition coefficient (Wildman–Crippen LogP) is 2.98. The van der Waals surface area contributed by atoms with Gasteiger partial charge in [-0.05, 0) is 29.8 Å². The quantitative estimate of drug-likeness (QED) is 0.872. The Morgan fingerprint density at radius 3 is 2.95 bits per heavy atom. The van der Waals surface area contributed by atoms with E-state index >= 15 is 0 Å². The fraction of sp³-hybridized carbons (Fsp3) is 0. The molecular weight excluding hydrogens is 275 g/mol. The smallest absolute Gasteiger partial charge is 0.328 e. The maximum absolute atomic E-state index is 13.4. The molecule has 0 unspecified atom stereocenters. The van der Waals surface area contributed by atoms with Crippen LogP contribution in [-0.2, 0) is 4.79 Å². The molecule has 0 fully saturated rings. The van der Waals surface area contributed by atoms with E-state index in [-0.39, 0.29) is 17.1 Å². The van der Waals surface area contributed by atoms with E-state index in [0.717, 1.165) is 12.1 Å². The third kappa shape index (κ3) is 3.64. The number of nitriles is 1. The van der Waals surface area contributed by atoms with E-state index in [1.165, 1.54) is 36.7 Å². The fourth-order valence-electron chi connectivity index (χ4n) is 1.57. The molecule has 0 atom stereocenters. The Kier molecular flexibility index (Phi) is 4.26. The molecule has 1 aromatic carbocycles. The number of pyridine rings is 1. The number of carboxylic acid groups (broad SMARTS) is 1. The molecule has 0 aliphatic rings. The number of ether oxygens (including phenoxy) is 1. The fourth-order valence-corrected chi connectivity index (χ4v) is 1.57. The van der Waals surface area contributed by atoms with E-state index in [2.05, 4.69) is 4.98 Å². The summed E-state index contributed by atoms with van der Waals surface area (Å²) in [5.41, 5.74) is 0.300. The summed E-state index contributed by atoms with van der Waals surface area (Å²) in [6, 6.07) is 7.30. The number of nitrogens with zero attached hydrogens (tertiary/aromatic N) is 2. The first-order chi connectivity index (χ1) is 10.1. The number of carboxylic acids is 1. The van der Waals surface area contributed by atoms with E-state index in [1.54, 1.807) is 6.07 Å². The lowest BCUT2D eigenvalue weighted by atomic mass is 10.2. The number of rotatable bonds is 4. The zero-order chi connectivity index (χ0) is 15.2. The average Bonchev–Trinajstić information content (AvgIpc) is 2.46. The van der Waals surface area contributed by atoms with Gasteiger partial charge in [-0.25, -0.2) is 9.18 Å². The van der Waals surface area contributed by atoms with Crippen molar-refractivity contribution in [2.75, 3.05) is 0 Å². The molecule has 1 aromatic heterocycles. The Balaban J connectivity index is 2.29. The predicted molar refractivity (Wildman–Crippen MR) is 72.1 cm³/mol. The highest BCUT2D eigenvalue weighted by Gasteiger charge is 2.10. The highest BCUT2D eigenvalue weighted by atomic mass is 19.1. The molecule has 0 saturated carbocycles. The number of hydrogen-bond donors (Lipinski definition) is 1. The lowest BCUT2D eigenvalue weighted by Crippen LogP contribution is -1.92. The van der Waals surface area contributed by atoms with Gasteiger partial charge in [-0.2, -0.15) is 5.26 Å². The van der Waals surface area contributed by atoms with Gasteiger partial charge in [0, 0.05) is 12.3 Å². The molecule has 0 radical (unpaired) electrons. The average molecular weight is 284 g/mol. The van der Waals surface area contributed by atoms with Crippen LogP contribution in [0.2, 0.25) is 0 Å². The van der Waals surface area contributed by atoms with Gasteiger partial charge in [-0.3, -0.25) is 4.98 Å². The zero-order valence-electron chi connectivity index (χ0n) is 10.7. The number of halogens is 1. The lowest BCUT2D eigenvalue weighted by molar-refractivity contribution is -0.131. The van der Waals surface area contributed by atoms with Gasteiger partial charge in [-0.15, -0.1) is 0 Å². The van der Waals surface area contributed by atoms with E-state index < -0.39 is 11.8 Å². The number of aromatic nitrogens is 1. The summed E-state index contributed by atoms with van der Waals surface area (Å²) in [5, 5.41) is 17.5. The van der Waals surface area contributed by atoms with Gasteiger partial charge >= 0.3 is 5.97 Å². The van der Waals surface area contributed by atoms with E-state index in [0.29, 0.717) is 5.56 Å². The van der Waals surface area contributed by atoms with Crippen molar-refractivity contribution >= 4 is 12.0 Å². The molecule has 0 bridgehead atoms. The molecule has 104 valence electrons. The second-order valence-corrected chi connectivity index (χ2v) is 3.95. The van der Waals surface area contributed by atoms with Crippen molar-refractivity contribution in [1.82, 2.24) is 4.98 Å². The van der Waals surface area contributed by atoms with Crippen LogP contribution in [0, 0.1) is 17.1 Å². The van der Waals surface area contributed by atoms with Crippen molar-refractivity contribution in [3.05, 3.63) is 59.7 Å². The normalized spacial score (nSPS) is 10.3. The Morgan fingerprint density at radius 2 is 2.24 bits per heavy atom. The minimum Gasteiger partial charge on any atom is -0.478 e. The molecule has 0 aliphatic heterocycles. The molecule has 6 heteroatoms. The van der Waals surface area contributed by atoms with Crippen molar-refractivity contribution in [2.24, 2.45) is 0 Å².